The molecule has 2 aliphatic carbocycles. The second-order valence-electron chi connectivity index (χ2n) is 5.77. The number of rotatable bonds is 4. The van der Waals surface area contributed by atoms with Crippen LogP contribution in [-0.2, 0) is 6.42 Å². The van der Waals surface area contributed by atoms with Crippen LogP contribution in [0.1, 0.15) is 65.8 Å². The lowest BCUT2D eigenvalue weighted by Gasteiger charge is -2.11. The van der Waals surface area contributed by atoms with Crippen LogP contribution in [0.4, 0.5) is 0 Å². The number of fused-ring (bicyclic) bond motifs is 1. The summed E-state index contributed by atoms with van der Waals surface area (Å²) in [6, 6.07) is 5.61. The Balaban J connectivity index is 1.50. The van der Waals surface area contributed by atoms with Crippen molar-refractivity contribution in [1.82, 2.24) is 10.1 Å². The van der Waals surface area contributed by atoms with Crippen molar-refractivity contribution in [3.05, 3.63) is 41.0 Å². The van der Waals surface area contributed by atoms with Crippen molar-refractivity contribution in [1.29, 1.82) is 0 Å². The fourth-order valence-corrected chi connectivity index (χ4v) is 2.68. The number of ketones is 1. The van der Waals surface area contributed by atoms with Gasteiger partial charge in [0.1, 0.15) is 5.75 Å². The van der Waals surface area contributed by atoms with Crippen molar-refractivity contribution >= 4 is 5.78 Å². The Hall–Kier alpha value is -2.17. The van der Waals surface area contributed by atoms with E-state index in [2.05, 4.69) is 10.1 Å². The highest BCUT2D eigenvalue weighted by molar-refractivity contribution is 6.00. The summed E-state index contributed by atoms with van der Waals surface area (Å²) in [6.07, 6.45) is 3.40. The summed E-state index contributed by atoms with van der Waals surface area (Å²) in [5.41, 5.74) is 1.89. The van der Waals surface area contributed by atoms with E-state index in [1.165, 1.54) is 0 Å². The Morgan fingerprint density at radius 1 is 1.33 bits per heavy atom. The number of aromatic nitrogens is 2. The number of benzene rings is 1. The van der Waals surface area contributed by atoms with Gasteiger partial charge in [0.2, 0.25) is 0 Å². The van der Waals surface area contributed by atoms with Crippen LogP contribution in [0.2, 0.25) is 0 Å². The summed E-state index contributed by atoms with van der Waals surface area (Å²) in [5, 5.41) is 4.00. The minimum Gasteiger partial charge on any atom is -0.481 e. The van der Waals surface area contributed by atoms with Gasteiger partial charge in [-0.1, -0.05) is 5.16 Å². The highest BCUT2D eigenvalue weighted by atomic mass is 16.5. The predicted molar refractivity (Wildman–Crippen MR) is 74.4 cm³/mol. The molecule has 1 aromatic carbocycles. The van der Waals surface area contributed by atoms with Crippen molar-refractivity contribution in [2.75, 3.05) is 0 Å². The molecule has 2 aromatic rings. The molecule has 1 atom stereocenters. The molecule has 2 aliphatic rings. The van der Waals surface area contributed by atoms with E-state index in [1.807, 2.05) is 25.1 Å². The lowest BCUT2D eigenvalue weighted by atomic mass is 10.1. The minimum atomic E-state index is -0.292. The van der Waals surface area contributed by atoms with Crippen LogP contribution in [0.5, 0.6) is 5.75 Å². The first-order valence-electron chi connectivity index (χ1n) is 7.37. The van der Waals surface area contributed by atoms with Crippen LogP contribution in [-0.4, -0.2) is 15.9 Å². The Morgan fingerprint density at radius 2 is 2.19 bits per heavy atom. The Labute approximate surface area is 122 Å². The molecule has 0 radical (unpaired) electrons. The fraction of sp³-hybridized carbons (Fsp3) is 0.438. The van der Waals surface area contributed by atoms with Crippen molar-refractivity contribution in [2.24, 2.45) is 0 Å². The van der Waals surface area contributed by atoms with E-state index in [9.17, 15) is 4.79 Å². The predicted octanol–water partition coefficient (Wildman–Crippen LogP) is 3.22. The van der Waals surface area contributed by atoms with Crippen LogP contribution in [0.25, 0.3) is 0 Å². The molecule has 5 nitrogen and oxygen atoms in total. The number of hydrogen-bond acceptors (Lipinski definition) is 5. The highest BCUT2D eigenvalue weighted by Gasteiger charge is 2.30. The molecule has 5 heteroatoms. The molecule has 0 amide bonds. The quantitative estimate of drug-likeness (QED) is 0.862. The van der Waals surface area contributed by atoms with E-state index in [4.69, 9.17) is 9.26 Å². The van der Waals surface area contributed by atoms with Crippen molar-refractivity contribution in [2.45, 2.75) is 44.6 Å². The van der Waals surface area contributed by atoms with E-state index in [0.29, 0.717) is 18.2 Å². The molecule has 0 unspecified atom stereocenters. The maximum atomic E-state index is 11.6. The smallest absolute Gasteiger partial charge is 0.267 e. The molecule has 1 saturated carbocycles. The zero-order valence-corrected chi connectivity index (χ0v) is 11.8. The summed E-state index contributed by atoms with van der Waals surface area (Å²) in [6.45, 7) is 1.89. The number of carbonyl (C=O) groups excluding carboxylic acids is 1. The molecule has 21 heavy (non-hydrogen) atoms. The molecular formula is C16H16N2O3. The molecule has 0 spiro atoms. The number of ether oxygens (including phenoxy) is 1. The summed E-state index contributed by atoms with van der Waals surface area (Å²) < 4.78 is 11.1. The van der Waals surface area contributed by atoms with Crippen molar-refractivity contribution < 1.29 is 14.1 Å². The lowest BCUT2D eigenvalue weighted by molar-refractivity contribution is 0.0994. The Kier molecular flexibility index (Phi) is 2.80. The van der Waals surface area contributed by atoms with E-state index in [1.54, 1.807) is 0 Å². The average Bonchev–Trinajstić information content (AvgIpc) is 3.10. The van der Waals surface area contributed by atoms with Crippen molar-refractivity contribution in [3.63, 3.8) is 0 Å². The van der Waals surface area contributed by atoms with Crippen LogP contribution in [0.3, 0.4) is 0 Å². The van der Waals surface area contributed by atoms with Crippen LogP contribution in [0, 0.1) is 0 Å². The van der Waals surface area contributed by atoms with Gasteiger partial charge in [0.25, 0.3) is 5.89 Å². The molecular weight excluding hydrogens is 268 g/mol. The molecule has 1 aromatic heterocycles. The maximum absolute atomic E-state index is 11.6. The SMILES string of the molecule is C[C@@H](Oc1ccc2c(c1)CCC2=O)c1nc(C2CC2)no1. The van der Waals surface area contributed by atoms with Gasteiger partial charge in [0.15, 0.2) is 17.7 Å². The number of hydrogen-bond donors (Lipinski definition) is 0. The normalized spacial score (nSPS) is 18.6. The second-order valence-corrected chi connectivity index (χ2v) is 5.77. The molecule has 108 valence electrons. The third-order valence-electron chi connectivity index (χ3n) is 4.06. The van der Waals surface area contributed by atoms with Gasteiger partial charge in [-0.05, 0) is 49.9 Å². The molecule has 4 rings (SSSR count). The molecule has 0 saturated heterocycles. The molecule has 1 heterocycles. The number of carbonyl (C=O) groups is 1. The fourth-order valence-electron chi connectivity index (χ4n) is 2.68. The van der Waals surface area contributed by atoms with Gasteiger partial charge < -0.3 is 9.26 Å². The second kappa shape index (κ2) is 4.69. The third-order valence-corrected chi connectivity index (χ3v) is 4.06. The van der Waals surface area contributed by atoms with E-state index in [0.717, 1.165) is 42.0 Å². The van der Waals surface area contributed by atoms with Gasteiger partial charge in [-0.2, -0.15) is 4.98 Å². The number of Topliss-reactive ketones (excluding diaryl/α,β-unsaturated/α-hetero) is 1. The number of nitrogens with zero attached hydrogens (tertiary/aromatic N) is 2. The highest BCUT2D eigenvalue weighted by Crippen LogP contribution is 2.38. The van der Waals surface area contributed by atoms with Gasteiger partial charge in [0, 0.05) is 17.9 Å². The molecule has 0 bridgehead atoms. The Bertz CT molecular complexity index is 703. The van der Waals surface area contributed by atoms with Crippen molar-refractivity contribution in [3.8, 4) is 5.75 Å². The zero-order chi connectivity index (χ0) is 14.4. The number of aryl methyl sites for hydroxylation is 1. The maximum Gasteiger partial charge on any atom is 0.267 e. The summed E-state index contributed by atoms with van der Waals surface area (Å²) in [7, 11) is 0. The average molecular weight is 284 g/mol. The van der Waals surface area contributed by atoms with Crippen LogP contribution < -0.4 is 4.74 Å². The van der Waals surface area contributed by atoms with Gasteiger partial charge in [-0.15, -0.1) is 0 Å². The Morgan fingerprint density at radius 3 is 3.00 bits per heavy atom. The monoisotopic (exact) mass is 284 g/mol. The standard InChI is InChI=1S/C16H16N2O3/c1-9(16-17-15(18-21-16)10-2-3-10)20-12-5-6-13-11(8-12)4-7-14(13)19/h5-6,8-10H,2-4,7H2,1H3/t9-/m1/s1. The van der Waals surface area contributed by atoms with Gasteiger partial charge in [-0.25, -0.2) is 0 Å². The largest absolute Gasteiger partial charge is 0.481 e. The first-order chi connectivity index (χ1) is 10.2. The van der Waals surface area contributed by atoms with E-state index in [-0.39, 0.29) is 11.9 Å². The van der Waals surface area contributed by atoms with Gasteiger partial charge >= 0.3 is 0 Å². The third kappa shape index (κ3) is 2.33. The first-order valence-corrected chi connectivity index (χ1v) is 7.37. The first kappa shape index (κ1) is 12.6. The molecule has 0 N–H and O–H groups in total. The van der Waals surface area contributed by atoms with Gasteiger partial charge in [0.05, 0.1) is 0 Å². The molecule has 1 fully saturated rings. The summed E-state index contributed by atoms with van der Waals surface area (Å²) in [5.74, 6) is 2.73. The summed E-state index contributed by atoms with van der Waals surface area (Å²) >= 11 is 0. The van der Waals surface area contributed by atoms with Crippen LogP contribution >= 0.6 is 0 Å². The summed E-state index contributed by atoms with van der Waals surface area (Å²) in [4.78, 5) is 16.0. The van der Waals surface area contributed by atoms with Crippen LogP contribution in [0.15, 0.2) is 22.7 Å². The zero-order valence-electron chi connectivity index (χ0n) is 11.8. The van der Waals surface area contributed by atoms with Gasteiger partial charge in [-0.3, -0.25) is 4.79 Å². The molecule has 0 aliphatic heterocycles. The van der Waals surface area contributed by atoms with E-state index < -0.39 is 0 Å². The topological polar surface area (TPSA) is 65.2 Å². The minimum absolute atomic E-state index is 0.218. The van der Waals surface area contributed by atoms with E-state index >= 15 is 0 Å². The lowest BCUT2D eigenvalue weighted by Crippen LogP contribution is -2.04.